The zero-order valence-corrected chi connectivity index (χ0v) is 14.4. The van der Waals surface area contributed by atoms with E-state index in [-0.39, 0.29) is 23.6 Å². The largest absolute Gasteiger partial charge is 0.464 e. The minimum atomic E-state index is -0.498. The van der Waals surface area contributed by atoms with Gasteiger partial charge in [0.15, 0.2) is 5.78 Å². The molecule has 1 heterocycles. The lowest BCUT2D eigenvalue weighted by Crippen LogP contribution is -2.44. The Bertz CT molecular complexity index is 694. The van der Waals surface area contributed by atoms with Gasteiger partial charge in [-0.05, 0) is 30.9 Å². The third-order valence-corrected chi connectivity index (χ3v) is 5.55. The Morgan fingerprint density at radius 1 is 1.43 bits per heavy atom. The van der Waals surface area contributed by atoms with Crippen molar-refractivity contribution in [2.45, 2.75) is 53.6 Å². The van der Waals surface area contributed by atoms with Crippen LogP contribution in [0.1, 0.15) is 63.5 Å². The van der Waals surface area contributed by atoms with Crippen LogP contribution in [0.25, 0.3) is 6.08 Å². The van der Waals surface area contributed by atoms with Crippen LogP contribution >= 0.6 is 0 Å². The van der Waals surface area contributed by atoms with E-state index in [1.165, 1.54) is 0 Å². The summed E-state index contributed by atoms with van der Waals surface area (Å²) in [6.45, 7) is 9.78. The van der Waals surface area contributed by atoms with Crippen molar-refractivity contribution in [1.29, 1.82) is 0 Å². The lowest BCUT2D eigenvalue weighted by Gasteiger charge is -2.47. The molecule has 4 nitrogen and oxygen atoms in total. The van der Waals surface area contributed by atoms with Crippen molar-refractivity contribution >= 4 is 17.8 Å². The molecule has 0 bridgehead atoms. The molecule has 0 aromatic carbocycles. The molecule has 2 aliphatic rings. The first-order chi connectivity index (χ1) is 10.8. The van der Waals surface area contributed by atoms with Gasteiger partial charge in [0.25, 0.3) is 0 Å². The van der Waals surface area contributed by atoms with Crippen LogP contribution in [0.15, 0.2) is 16.3 Å². The van der Waals surface area contributed by atoms with Crippen LogP contribution < -0.4 is 0 Å². The summed E-state index contributed by atoms with van der Waals surface area (Å²) in [6, 6.07) is 0. The van der Waals surface area contributed by atoms with Gasteiger partial charge in [0.2, 0.25) is 0 Å². The molecule has 3 atom stereocenters. The first-order valence-electron chi connectivity index (χ1n) is 8.30. The molecular weight excluding hydrogens is 292 g/mol. The van der Waals surface area contributed by atoms with Gasteiger partial charge >= 0.3 is 5.97 Å². The number of hydrogen-bond acceptors (Lipinski definition) is 4. The molecule has 0 spiro atoms. The molecule has 0 aliphatic heterocycles. The quantitative estimate of drug-likeness (QED) is 0.766. The van der Waals surface area contributed by atoms with Crippen molar-refractivity contribution < 1.29 is 18.7 Å². The Labute approximate surface area is 136 Å². The number of carbonyl (C=O) groups is 2. The lowest BCUT2D eigenvalue weighted by molar-refractivity contribution is -0.163. The molecule has 1 saturated carbocycles. The molecular formula is C19H24O4. The van der Waals surface area contributed by atoms with Gasteiger partial charge in [-0.2, -0.15) is 0 Å². The van der Waals surface area contributed by atoms with Crippen LogP contribution in [-0.4, -0.2) is 11.8 Å². The van der Waals surface area contributed by atoms with E-state index in [9.17, 15) is 9.59 Å². The van der Waals surface area contributed by atoms with Crippen LogP contribution in [-0.2, 0) is 14.3 Å². The second-order valence-corrected chi connectivity index (χ2v) is 7.37. The number of ether oxygens (including phenoxy) is 1. The average Bonchev–Trinajstić information content (AvgIpc) is 2.86. The number of carbonyl (C=O) groups excluding carboxylic acids is 2. The molecule has 1 fully saturated rings. The molecule has 4 heteroatoms. The molecule has 0 saturated heterocycles. The number of esters is 1. The fourth-order valence-corrected chi connectivity index (χ4v) is 3.77. The smallest absolute Gasteiger partial charge is 0.309 e. The fraction of sp³-hybridized carbons (Fsp3) is 0.579. The van der Waals surface area contributed by atoms with Gasteiger partial charge in [-0.3, -0.25) is 9.59 Å². The van der Waals surface area contributed by atoms with Crippen LogP contribution in [0.2, 0.25) is 0 Å². The van der Waals surface area contributed by atoms with Crippen molar-refractivity contribution in [1.82, 2.24) is 0 Å². The zero-order valence-electron chi connectivity index (χ0n) is 14.4. The van der Waals surface area contributed by atoms with E-state index in [1.54, 1.807) is 6.26 Å². The Kier molecular flexibility index (Phi) is 3.74. The zero-order chi connectivity index (χ0) is 16.9. The SMILES string of the molecule is Cc1coc2c1C(OC(=O)C(C)C)C1(C)C(=C2)C(=O)CCC1C. The topological polar surface area (TPSA) is 56.5 Å². The van der Waals surface area contributed by atoms with Crippen molar-refractivity contribution in [3.63, 3.8) is 0 Å². The van der Waals surface area contributed by atoms with Gasteiger partial charge in [0.1, 0.15) is 11.9 Å². The van der Waals surface area contributed by atoms with Crippen LogP contribution in [0.4, 0.5) is 0 Å². The fourth-order valence-electron chi connectivity index (χ4n) is 3.77. The number of rotatable bonds is 2. The van der Waals surface area contributed by atoms with E-state index in [0.717, 1.165) is 23.1 Å². The summed E-state index contributed by atoms with van der Waals surface area (Å²) in [5, 5.41) is 0. The average molecular weight is 316 g/mol. The molecule has 3 unspecified atom stereocenters. The van der Waals surface area contributed by atoms with Gasteiger partial charge in [-0.1, -0.05) is 27.7 Å². The number of hydrogen-bond donors (Lipinski definition) is 0. The minimum absolute atomic E-state index is 0.135. The van der Waals surface area contributed by atoms with Crippen LogP contribution in [0, 0.1) is 24.2 Å². The van der Waals surface area contributed by atoms with Crippen molar-refractivity contribution in [2.75, 3.05) is 0 Å². The van der Waals surface area contributed by atoms with Crippen LogP contribution in [0.3, 0.4) is 0 Å². The first kappa shape index (κ1) is 16.0. The normalized spacial score (nSPS) is 29.8. The van der Waals surface area contributed by atoms with Gasteiger partial charge < -0.3 is 9.15 Å². The number of aryl methyl sites for hydroxylation is 1. The second-order valence-electron chi connectivity index (χ2n) is 7.37. The molecule has 1 aromatic heterocycles. The summed E-state index contributed by atoms with van der Waals surface area (Å²) < 4.78 is 11.5. The Morgan fingerprint density at radius 2 is 2.13 bits per heavy atom. The number of ketones is 1. The van der Waals surface area contributed by atoms with Crippen molar-refractivity contribution in [3.05, 3.63) is 28.7 Å². The van der Waals surface area contributed by atoms with E-state index >= 15 is 0 Å². The Balaban J connectivity index is 2.17. The molecule has 0 N–H and O–H groups in total. The van der Waals surface area contributed by atoms with Crippen LogP contribution in [0.5, 0.6) is 0 Å². The molecule has 1 aromatic rings. The Hall–Kier alpha value is -1.84. The molecule has 2 aliphatic carbocycles. The molecule has 0 radical (unpaired) electrons. The maximum atomic E-state index is 12.5. The highest BCUT2D eigenvalue weighted by molar-refractivity contribution is 6.02. The second kappa shape index (κ2) is 5.36. The predicted octanol–water partition coefficient (Wildman–Crippen LogP) is 4.23. The highest BCUT2D eigenvalue weighted by atomic mass is 16.5. The van der Waals surface area contributed by atoms with E-state index in [4.69, 9.17) is 9.15 Å². The summed E-state index contributed by atoms with van der Waals surface area (Å²) in [5.74, 6) is 0.584. The lowest BCUT2D eigenvalue weighted by atomic mass is 9.58. The standard InChI is InChI=1S/C19H24O4/c1-10(2)18(21)23-17-16-11(3)9-22-15(16)8-13-14(20)7-6-12(4)19(13,17)5/h8-10,12,17H,6-7H2,1-5H3. The van der Waals surface area contributed by atoms with Gasteiger partial charge in [0.05, 0.1) is 12.2 Å². The van der Waals surface area contributed by atoms with E-state index in [2.05, 4.69) is 6.92 Å². The monoisotopic (exact) mass is 316 g/mol. The van der Waals surface area contributed by atoms with Gasteiger partial charge in [0, 0.05) is 23.0 Å². The molecule has 23 heavy (non-hydrogen) atoms. The summed E-state index contributed by atoms with van der Waals surface area (Å²) >= 11 is 0. The molecule has 3 rings (SSSR count). The highest BCUT2D eigenvalue weighted by Gasteiger charge is 2.53. The minimum Gasteiger partial charge on any atom is -0.464 e. The van der Waals surface area contributed by atoms with Gasteiger partial charge in [-0.25, -0.2) is 0 Å². The third-order valence-electron chi connectivity index (χ3n) is 5.55. The maximum absolute atomic E-state index is 12.5. The number of fused-ring (bicyclic) bond motifs is 2. The molecule has 124 valence electrons. The number of Topliss-reactive ketones (excluding diaryl/α,β-unsaturated/α-hetero) is 1. The summed E-state index contributed by atoms with van der Waals surface area (Å²) in [4.78, 5) is 24.8. The number of furan rings is 1. The Morgan fingerprint density at radius 3 is 2.78 bits per heavy atom. The third kappa shape index (κ3) is 2.27. The highest BCUT2D eigenvalue weighted by Crippen LogP contribution is 2.57. The summed E-state index contributed by atoms with van der Waals surface area (Å²) in [6.07, 6.45) is 4.43. The van der Waals surface area contributed by atoms with E-state index in [1.807, 2.05) is 33.8 Å². The van der Waals surface area contributed by atoms with E-state index in [0.29, 0.717) is 12.2 Å². The maximum Gasteiger partial charge on any atom is 0.309 e. The summed E-state index contributed by atoms with van der Waals surface area (Å²) in [7, 11) is 0. The van der Waals surface area contributed by atoms with E-state index < -0.39 is 11.5 Å². The van der Waals surface area contributed by atoms with Crippen molar-refractivity contribution in [3.8, 4) is 0 Å². The van der Waals surface area contributed by atoms with Gasteiger partial charge in [-0.15, -0.1) is 0 Å². The molecule has 0 amide bonds. The predicted molar refractivity (Wildman–Crippen MR) is 86.6 cm³/mol. The van der Waals surface area contributed by atoms with Crippen molar-refractivity contribution in [2.24, 2.45) is 17.3 Å². The summed E-state index contributed by atoms with van der Waals surface area (Å²) in [5.41, 5.74) is 2.11. The first-order valence-corrected chi connectivity index (χ1v) is 8.30.